The second-order valence-corrected chi connectivity index (χ2v) is 5.88. The van der Waals surface area contributed by atoms with Gasteiger partial charge in [0, 0.05) is 39.1 Å². The third kappa shape index (κ3) is 4.49. The summed E-state index contributed by atoms with van der Waals surface area (Å²) in [5.41, 5.74) is 0. The topological polar surface area (TPSA) is 52.7 Å². The second-order valence-electron chi connectivity index (χ2n) is 5.88. The molecule has 0 aliphatic carbocycles. The van der Waals surface area contributed by atoms with Gasteiger partial charge >= 0.3 is 0 Å². The summed E-state index contributed by atoms with van der Waals surface area (Å²) in [7, 11) is 0. The lowest BCUT2D eigenvalue weighted by Gasteiger charge is -2.38. The molecule has 19 heavy (non-hydrogen) atoms. The van der Waals surface area contributed by atoms with Crippen LogP contribution in [0, 0.1) is 5.92 Å². The number of carbonyl (C=O) groups excluding carboxylic acids is 2. The molecule has 1 rings (SSSR count). The fraction of sp³-hybridized carbons (Fsp3) is 0.857. The molecule has 0 radical (unpaired) electrons. The van der Waals surface area contributed by atoms with Gasteiger partial charge in [-0.3, -0.25) is 14.5 Å². The molecule has 1 heterocycles. The van der Waals surface area contributed by atoms with Crippen molar-refractivity contribution >= 4 is 11.8 Å². The van der Waals surface area contributed by atoms with Gasteiger partial charge in [-0.05, 0) is 19.8 Å². The quantitative estimate of drug-likeness (QED) is 0.817. The van der Waals surface area contributed by atoms with E-state index in [4.69, 9.17) is 0 Å². The summed E-state index contributed by atoms with van der Waals surface area (Å²) in [4.78, 5) is 27.9. The summed E-state index contributed by atoms with van der Waals surface area (Å²) >= 11 is 0. The van der Waals surface area contributed by atoms with E-state index in [0.717, 1.165) is 26.2 Å². The molecule has 0 saturated carbocycles. The van der Waals surface area contributed by atoms with Crippen LogP contribution in [0.15, 0.2) is 0 Å². The molecular formula is C14H27N3O2. The Hall–Kier alpha value is -1.10. The first-order valence-corrected chi connectivity index (χ1v) is 7.13. The number of hydrogen-bond acceptors (Lipinski definition) is 3. The molecule has 1 atom stereocenters. The van der Waals surface area contributed by atoms with Crippen molar-refractivity contribution in [2.75, 3.05) is 26.2 Å². The highest BCUT2D eigenvalue weighted by Gasteiger charge is 2.30. The lowest BCUT2D eigenvalue weighted by Crippen LogP contribution is -2.57. The van der Waals surface area contributed by atoms with Crippen molar-refractivity contribution in [3.63, 3.8) is 0 Å². The zero-order chi connectivity index (χ0) is 14.6. The second kappa shape index (κ2) is 6.89. The summed E-state index contributed by atoms with van der Waals surface area (Å²) in [6, 6.07) is 0.122. The normalized spacial score (nSPS) is 18.8. The maximum Gasteiger partial charge on any atom is 0.245 e. The van der Waals surface area contributed by atoms with Crippen molar-refractivity contribution < 1.29 is 9.59 Å². The summed E-state index contributed by atoms with van der Waals surface area (Å²) in [6.45, 7) is 13.0. The molecule has 0 aromatic rings. The van der Waals surface area contributed by atoms with Crippen LogP contribution in [-0.4, -0.2) is 59.9 Å². The highest BCUT2D eigenvalue weighted by molar-refractivity contribution is 5.87. The van der Waals surface area contributed by atoms with Gasteiger partial charge in [0.05, 0.1) is 0 Å². The van der Waals surface area contributed by atoms with Crippen molar-refractivity contribution in [3.8, 4) is 0 Å². The fourth-order valence-electron chi connectivity index (χ4n) is 2.39. The molecule has 1 fully saturated rings. The van der Waals surface area contributed by atoms with Gasteiger partial charge in [0.25, 0.3) is 0 Å². The number of rotatable bonds is 4. The molecule has 1 aliphatic heterocycles. The van der Waals surface area contributed by atoms with Gasteiger partial charge in [-0.1, -0.05) is 13.8 Å². The first kappa shape index (κ1) is 16.0. The zero-order valence-corrected chi connectivity index (χ0v) is 12.8. The lowest BCUT2D eigenvalue weighted by molar-refractivity contribution is -0.139. The Morgan fingerprint density at radius 2 is 1.53 bits per heavy atom. The van der Waals surface area contributed by atoms with Gasteiger partial charge in [-0.2, -0.15) is 0 Å². The molecule has 5 nitrogen and oxygen atoms in total. The van der Waals surface area contributed by atoms with Crippen LogP contribution in [0.3, 0.4) is 0 Å². The highest BCUT2D eigenvalue weighted by atomic mass is 16.2. The molecule has 0 spiro atoms. The Kier molecular flexibility index (Phi) is 5.79. The number of hydrogen-bond donors (Lipinski definition) is 1. The van der Waals surface area contributed by atoms with Gasteiger partial charge in [0.1, 0.15) is 6.04 Å². The Balaban J connectivity index is 2.59. The van der Waals surface area contributed by atoms with E-state index in [1.54, 1.807) is 0 Å². The van der Waals surface area contributed by atoms with Gasteiger partial charge < -0.3 is 10.2 Å². The SMILES string of the molecule is CC(=O)NC(C(=O)N1CCN(C(C)C)CC1)C(C)C. The van der Waals surface area contributed by atoms with Crippen LogP contribution in [0.2, 0.25) is 0 Å². The highest BCUT2D eigenvalue weighted by Crippen LogP contribution is 2.11. The van der Waals surface area contributed by atoms with Crippen molar-refractivity contribution in [1.82, 2.24) is 15.1 Å². The summed E-state index contributed by atoms with van der Waals surface area (Å²) < 4.78 is 0. The third-order valence-electron chi connectivity index (χ3n) is 3.65. The van der Waals surface area contributed by atoms with Crippen molar-refractivity contribution in [3.05, 3.63) is 0 Å². The summed E-state index contributed by atoms with van der Waals surface area (Å²) in [6.07, 6.45) is 0. The number of nitrogens with one attached hydrogen (secondary N) is 1. The minimum atomic E-state index is -0.400. The molecule has 2 amide bonds. The molecule has 0 aromatic heterocycles. The number of amides is 2. The Morgan fingerprint density at radius 3 is 1.89 bits per heavy atom. The molecule has 1 N–H and O–H groups in total. The summed E-state index contributed by atoms with van der Waals surface area (Å²) in [5.74, 6) is 0.0148. The molecule has 1 saturated heterocycles. The number of carbonyl (C=O) groups is 2. The van der Waals surface area contributed by atoms with E-state index in [-0.39, 0.29) is 17.7 Å². The number of piperazine rings is 1. The van der Waals surface area contributed by atoms with E-state index in [1.165, 1.54) is 6.92 Å². The van der Waals surface area contributed by atoms with Crippen molar-refractivity contribution in [2.45, 2.75) is 46.7 Å². The lowest BCUT2D eigenvalue weighted by atomic mass is 10.0. The predicted molar refractivity (Wildman–Crippen MR) is 75.7 cm³/mol. The Morgan fingerprint density at radius 1 is 1.00 bits per heavy atom. The molecule has 0 aromatic carbocycles. The van der Waals surface area contributed by atoms with Crippen LogP contribution in [0.5, 0.6) is 0 Å². The van der Waals surface area contributed by atoms with Crippen molar-refractivity contribution in [1.29, 1.82) is 0 Å². The van der Waals surface area contributed by atoms with E-state index >= 15 is 0 Å². The van der Waals surface area contributed by atoms with E-state index in [1.807, 2.05) is 18.7 Å². The predicted octanol–water partition coefficient (Wildman–Crippen LogP) is 0.700. The van der Waals surface area contributed by atoms with E-state index in [9.17, 15) is 9.59 Å². The Bertz CT molecular complexity index is 321. The van der Waals surface area contributed by atoms with Crippen LogP contribution in [0.25, 0.3) is 0 Å². The Labute approximate surface area is 116 Å². The first-order chi connectivity index (χ1) is 8.82. The van der Waals surface area contributed by atoms with Crippen LogP contribution in [0.1, 0.15) is 34.6 Å². The molecular weight excluding hydrogens is 242 g/mol. The van der Waals surface area contributed by atoms with Gasteiger partial charge in [-0.15, -0.1) is 0 Å². The minimum absolute atomic E-state index is 0.0496. The molecule has 5 heteroatoms. The van der Waals surface area contributed by atoms with E-state index in [0.29, 0.717) is 6.04 Å². The standard InChI is InChI=1S/C14H27N3O2/c1-10(2)13(15-12(5)18)14(19)17-8-6-16(7-9-17)11(3)4/h10-11,13H,6-9H2,1-5H3,(H,15,18). The van der Waals surface area contributed by atoms with Crippen LogP contribution in [0.4, 0.5) is 0 Å². The van der Waals surface area contributed by atoms with E-state index < -0.39 is 6.04 Å². The van der Waals surface area contributed by atoms with Gasteiger partial charge in [-0.25, -0.2) is 0 Å². The average Bonchev–Trinajstić information content (AvgIpc) is 2.34. The smallest absolute Gasteiger partial charge is 0.245 e. The molecule has 1 unspecified atom stereocenters. The van der Waals surface area contributed by atoms with Crippen LogP contribution >= 0.6 is 0 Å². The molecule has 0 bridgehead atoms. The fourth-order valence-corrected chi connectivity index (χ4v) is 2.39. The summed E-state index contributed by atoms with van der Waals surface area (Å²) in [5, 5.41) is 2.77. The first-order valence-electron chi connectivity index (χ1n) is 7.13. The minimum Gasteiger partial charge on any atom is -0.344 e. The van der Waals surface area contributed by atoms with Gasteiger partial charge in [0.15, 0.2) is 0 Å². The van der Waals surface area contributed by atoms with Crippen molar-refractivity contribution in [2.24, 2.45) is 5.92 Å². The zero-order valence-electron chi connectivity index (χ0n) is 12.8. The monoisotopic (exact) mass is 269 g/mol. The molecule has 1 aliphatic rings. The largest absolute Gasteiger partial charge is 0.344 e. The average molecular weight is 269 g/mol. The number of nitrogens with zero attached hydrogens (tertiary/aromatic N) is 2. The molecule has 110 valence electrons. The maximum atomic E-state index is 12.4. The van der Waals surface area contributed by atoms with Crippen LogP contribution in [-0.2, 0) is 9.59 Å². The van der Waals surface area contributed by atoms with E-state index in [2.05, 4.69) is 24.1 Å². The maximum absolute atomic E-state index is 12.4. The van der Waals surface area contributed by atoms with Crippen LogP contribution < -0.4 is 5.32 Å². The van der Waals surface area contributed by atoms with Gasteiger partial charge in [0.2, 0.25) is 11.8 Å². The third-order valence-corrected chi connectivity index (χ3v) is 3.65.